The molecular formula is C23H27N7. The summed E-state index contributed by atoms with van der Waals surface area (Å²) in [6.07, 6.45) is 4.85. The number of aromatic nitrogens is 7. The lowest BCUT2D eigenvalue weighted by atomic mass is 9.98. The van der Waals surface area contributed by atoms with E-state index in [1.807, 2.05) is 18.2 Å². The molecular weight excluding hydrogens is 374 g/mol. The van der Waals surface area contributed by atoms with Crippen LogP contribution in [-0.4, -0.2) is 35.4 Å². The number of aryl methyl sites for hydroxylation is 2. The van der Waals surface area contributed by atoms with E-state index in [2.05, 4.69) is 69.5 Å². The van der Waals surface area contributed by atoms with Crippen molar-refractivity contribution in [3.05, 3.63) is 76.9 Å². The Bertz CT molecular complexity index is 1070. The Morgan fingerprint density at radius 1 is 0.900 bits per heavy atom. The van der Waals surface area contributed by atoms with Crippen molar-refractivity contribution in [2.24, 2.45) is 0 Å². The Balaban J connectivity index is 1.50. The Morgan fingerprint density at radius 3 is 2.40 bits per heavy atom. The Hall–Kier alpha value is -3.35. The predicted molar refractivity (Wildman–Crippen MR) is 116 cm³/mol. The second-order valence-electron chi connectivity index (χ2n) is 7.50. The van der Waals surface area contributed by atoms with Gasteiger partial charge in [-0.15, -0.1) is 5.10 Å². The summed E-state index contributed by atoms with van der Waals surface area (Å²) < 4.78 is 2.07. The normalized spacial score (nSPS) is 11.1. The molecule has 4 rings (SSSR count). The monoisotopic (exact) mass is 401 g/mol. The number of nitrogens with one attached hydrogen (secondary N) is 1. The molecule has 0 saturated heterocycles. The SMILES string of the molecule is CCCc1nc(CCC)n(Cc2ccc(Cc3ccccc3-c3nnn[nH]3)cc2)n1. The maximum Gasteiger partial charge on any atom is 0.179 e. The molecule has 0 amide bonds. The summed E-state index contributed by atoms with van der Waals surface area (Å²) in [6.45, 7) is 5.10. The summed E-state index contributed by atoms with van der Waals surface area (Å²) in [4.78, 5) is 4.73. The molecule has 2 heterocycles. The van der Waals surface area contributed by atoms with Crippen LogP contribution in [0.1, 0.15) is 55.0 Å². The lowest BCUT2D eigenvalue weighted by Gasteiger charge is -2.09. The van der Waals surface area contributed by atoms with Gasteiger partial charge in [-0.1, -0.05) is 62.4 Å². The number of benzene rings is 2. The van der Waals surface area contributed by atoms with Gasteiger partial charge in [-0.25, -0.2) is 14.8 Å². The van der Waals surface area contributed by atoms with Crippen LogP contribution in [0.2, 0.25) is 0 Å². The number of hydrogen-bond acceptors (Lipinski definition) is 5. The van der Waals surface area contributed by atoms with Crippen LogP contribution in [0.5, 0.6) is 0 Å². The van der Waals surface area contributed by atoms with Crippen LogP contribution in [0.4, 0.5) is 0 Å². The molecule has 4 aromatic rings. The van der Waals surface area contributed by atoms with Gasteiger partial charge in [0.2, 0.25) is 0 Å². The minimum Gasteiger partial charge on any atom is -0.245 e. The van der Waals surface area contributed by atoms with Crippen molar-refractivity contribution in [3.8, 4) is 11.4 Å². The van der Waals surface area contributed by atoms with E-state index in [0.717, 1.165) is 55.9 Å². The zero-order valence-corrected chi connectivity index (χ0v) is 17.5. The fourth-order valence-electron chi connectivity index (χ4n) is 3.62. The van der Waals surface area contributed by atoms with E-state index >= 15 is 0 Å². The van der Waals surface area contributed by atoms with Crippen molar-refractivity contribution in [2.75, 3.05) is 0 Å². The Labute approximate surface area is 176 Å². The maximum atomic E-state index is 4.73. The highest BCUT2D eigenvalue weighted by molar-refractivity contribution is 5.60. The molecule has 0 aliphatic rings. The first-order valence-electron chi connectivity index (χ1n) is 10.6. The zero-order chi connectivity index (χ0) is 20.8. The fraction of sp³-hybridized carbons (Fsp3) is 0.348. The van der Waals surface area contributed by atoms with Crippen LogP contribution in [0.25, 0.3) is 11.4 Å². The third kappa shape index (κ3) is 4.62. The summed E-state index contributed by atoms with van der Waals surface area (Å²) in [5.41, 5.74) is 4.70. The predicted octanol–water partition coefficient (Wildman–Crippen LogP) is 4.00. The van der Waals surface area contributed by atoms with E-state index in [0.29, 0.717) is 5.82 Å². The molecule has 1 N–H and O–H groups in total. The van der Waals surface area contributed by atoms with E-state index in [-0.39, 0.29) is 0 Å². The highest BCUT2D eigenvalue weighted by atomic mass is 15.5. The first kappa shape index (κ1) is 19.9. The fourth-order valence-corrected chi connectivity index (χ4v) is 3.62. The van der Waals surface area contributed by atoms with Gasteiger partial charge in [0.25, 0.3) is 0 Å². The van der Waals surface area contributed by atoms with Crippen LogP contribution in [0, 0.1) is 0 Å². The van der Waals surface area contributed by atoms with Crippen molar-refractivity contribution < 1.29 is 0 Å². The molecule has 0 fully saturated rings. The second kappa shape index (κ2) is 9.43. The van der Waals surface area contributed by atoms with E-state index in [9.17, 15) is 0 Å². The largest absolute Gasteiger partial charge is 0.245 e. The molecule has 30 heavy (non-hydrogen) atoms. The third-order valence-corrected chi connectivity index (χ3v) is 5.11. The lowest BCUT2D eigenvalue weighted by molar-refractivity contribution is 0.623. The second-order valence-corrected chi connectivity index (χ2v) is 7.50. The number of rotatable bonds is 9. The molecule has 0 spiro atoms. The van der Waals surface area contributed by atoms with Gasteiger partial charge in [0.1, 0.15) is 5.82 Å². The van der Waals surface area contributed by atoms with Gasteiger partial charge >= 0.3 is 0 Å². The van der Waals surface area contributed by atoms with E-state index in [1.54, 1.807) is 0 Å². The zero-order valence-electron chi connectivity index (χ0n) is 17.5. The van der Waals surface area contributed by atoms with E-state index in [4.69, 9.17) is 10.1 Å². The molecule has 2 aromatic carbocycles. The topological polar surface area (TPSA) is 85.2 Å². The standard InChI is InChI=1S/C23H27N7/c1-3-7-21-24-22(8-4-2)30(27-21)16-18-13-11-17(12-14-18)15-19-9-5-6-10-20(19)23-25-28-29-26-23/h5-6,9-14H,3-4,7-8,15-16H2,1-2H3,(H,25,26,28,29). The molecule has 0 unspecified atom stereocenters. The van der Waals surface area contributed by atoms with Crippen molar-refractivity contribution >= 4 is 0 Å². The summed E-state index contributed by atoms with van der Waals surface area (Å²) in [5, 5.41) is 19.0. The summed E-state index contributed by atoms with van der Waals surface area (Å²) in [6, 6.07) is 17.0. The molecule has 0 saturated carbocycles. The van der Waals surface area contributed by atoms with E-state index < -0.39 is 0 Å². The summed E-state index contributed by atoms with van der Waals surface area (Å²) >= 11 is 0. The van der Waals surface area contributed by atoms with Gasteiger partial charge < -0.3 is 0 Å². The first-order valence-corrected chi connectivity index (χ1v) is 10.6. The summed E-state index contributed by atoms with van der Waals surface area (Å²) in [7, 11) is 0. The molecule has 2 aromatic heterocycles. The molecule has 154 valence electrons. The number of H-pyrrole nitrogens is 1. The Kier molecular flexibility index (Phi) is 6.27. The molecule has 0 aliphatic carbocycles. The van der Waals surface area contributed by atoms with Gasteiger partial charge in [-0.2, -0.15) is 5.10 Å². The molecule has 0 bridgehead atoms. The van der Waals surface area contributed by atoms with Gasteiger partial charge in [-0.3, -0.25) is 0 Å². The maximum absolute atomic E-state index is 4.73. The molecule has 7 heteroatoms. The number of hydrogen-bond donors (Lipinski definition) is 1. The van der Waals surface area contributed by atoms with Crippen molar-refractivity contribution in [3.63, 3.8) is 0 Å². The average molecular weight is 402 g/mol. The van der Waals surface area contributed by atoms with Crippen LogP contribution in [0.3, 0.4) is 0 Å². The van der Waals surface area contributed by atoms with Crippen LogP contribution in [0.15, 0.2) is 48.5 Å². The molecule has 0 aliphatic heterocycles. The average Bonchev–Trinajstić information content (AvgIpc) is 3.41. The van der Waals surface area contributed by atoms with Gasteiger partial charge in [0, 0.05) is 18.4 Å². The van der Waals surface area contributed by atoms with Gasteiger partial charge in [0.05, 0.1) is 6.54 Å². The van der Waals surface area contributed by atoms with Crippen molar-refractivity contribution in [1.82, 2.24) is 35.4 Å². The first-order chi connectivity index (χ1) is 14.8. The van der Waals surface area contributed by atoms with Gasteiger partial charge in [-0.05, 0) is 46.4 Å². The van der Waals surface area contributed by atoms with Crippen LogP contribution >= 0.6 is 0 Å². The number of tetrazole rings is 1. The lowest BCUT2D eigenvalue weighted by Crippen LogP contribution is -2.07. The minimum absolute atomic E-state index is 0.694. The van der Waals surface area contributed by atoms with Crippen LogP contribution < -0.4 is 0 Å². The molecule has 0 radical (unpaired) electrons. The molecule has 7 nitrogen and oxygen atoms in total. The smallest absolute Gasteiger partial charge is 0.179 e. The number of nitrogens with zero attached hydrogens (tertiary/aromatic N) is 6. The van der Waals surface area contributed by atoms with Crippen molar-refractivity contribution in [1.29, 1.82) is 0 Å². The molecule has 0 atom stereocenters. The van der Waals surface area contributed by atoms with Crippen LogP contribution in [-0.2, 0) is 25.8 Å². The minimum atomic E-state index is 0.694. The highest BCUT2D eigenvalue weighted by Crippen LogP contribution is 2.22. The summed E-state index contributed by atoms with van der Waals surface area (Å²) in [5.74, 6) is 2.73. The van der Waals surface area contributed by atoms with Crippen molar-refractivity contribution in [2.45, 2.75) is 52.5 Å². The highest BCUT2D eigenvalue weighted by Gasteiger charge is 2.11. The van der Waals surface area contributed by atoms with E-state index in [1.165, 1.54) is 16.7 Å². The quantitative estimate of drug-likeness (QED) is 0.458. The van der Waals surface area contributed by atoms with Gasteiger partial charge in [0.15, 0.2) is 11.6 Å². The number of aromatic amines is 1. The Morgan fingerprint density at radius 2 is 1.67 bits per heavy atom. The third-order valence-electron chi connectivity index (χ3n) is 5.11.